The largest absolute Gasteiger partial charge is 0.481 e. The summed E-state index contributed by atoms with van der Waals surface area (Å²) in [7, 11) is 0. The van der Waals surface area contributed by atoms with E-state index in [0.717, 1.165) is 0 Å². The van der Waals surface area contributed by atoms with Gasteiger partial charge in [-0.25, -0.2) is 0 Å². The fourth-order valence-corrected chi connectivity index (χ4v) is 1.92. The number of hydrogen-bond donors (Lipinski definition) is 2. The van der Waals surface area contributed by atoms with Crippen LogP contribution >= 0.6 is 0 Å². The Hall–Kier alpha value is -0.860. The number of rotatable bonds is 6. The monoisotopic (exact) mass is 285 g/mol. The van der Waals surface area contributed by atoms with Gasteiger partial charge in [0.1, 0.15) is 0 Å². The van der Waals surface area contributed by atoms with Gasteiger partial charge in [-0.1, -0.05) is 0 Å². The van der Waals surface area contributed by atoms with Gasteiger partial charge in [0.25, 0.3) is 0 Å². The number of carboxylic acid groups (broad SMARTS) is 1. The lowest BCUT2D eigenvalue weighted by Crippen LogP contribution is -2.45. The molecule has 1 rings (SSSR count). The molecule has 1 heterocycles. The van der Waals surface area contributed by atoms with Crippen LogP contribution in [0.2, 0.25) is 0 Å². The molecule has 1 unspecified atom stereocenters. The van der Waals surface area contributed by atoms with Crippen molar-refractivity contribution in [2.75, 3.05) is 26.2 Å². The number of alkyl halides is 3. The summed E-state index contributed by atoms with van der Waals surface area (Å²) in [5.74, 6) is -0.939. The van der Waals surface area contributed by atoms with E-state index in [1.165, 1.54) is 4.90 Å². The van der Waals surface area contributed by atoms with Gasteiger partial charge in [0, 0.05) is 19.6 Å². The first-order valence-corrected chi connectivity index (χ1v) is 6.09. The average Bonchev–Trinajstić information content (AvgIpc) is 2.29. The molecule has 1 atom stereocenters. The van der Waals surface area contributed by atoms with E-state index in [0.29, 0.717) is 25.9 Å². The van der Waals surface area contributed by atoms with Crippen LogP contribution in [0, 0.1) is 0 Å². The van der Waals surface area contributed by atoms with Crippen molar-refractivity contribution in [3.63, 3.8) is 0 Å². The topological polar surface area (TPSA) is 70.0 Å². The Labute approximate surface area is 109 Å². The van der Waals surface area contributed by atoms with Gasteiger partial charge in [0.05, 0.1) is 19.1 Å². The molecule has 0 aromatic carbocycles. The second-order valence-corrected chi connectivity index (χ2v) is 4.57. The van der Waals surface area contributed by atoms with E-state index >= 15 is 0 Å². The van der Waals surface area contributed by atoms with Gasteiger partial charge in [-0.2, -0.15) is 13.2 Å². The lowest BCUT2D eigenvalue weighted by Gasteiger charge is -2.33. The van der Waals surface area contributed by atoms with Crippen molar-refractivity contribution in [2.24, 2.45) is 0 Å². The quantitative estimate of drug-likeness (QED) is 0.757. The van der Waals surface area contributed by atoms with Crippen molar-refractivity contribution in [3.05, 3.63) is 0 Å². The number of β-amino-alcohol motifs (C(OH)–C–C–N with tert-alkyl or cyclic N) is 1. The van der Waals surface area contributed by atoms with Crippen LogP contribution in [0.25, 0.3) is 0 Å². The zero-order valence-corrected chi connectivity index (χ0v) is 10.4. The summed E-state index contributed by atoms with van der Waals surface area (Å²) in [4.78, 5) is 11.8. The molecule has 8 heteroatoms. The van der Waals surface area contributed by atoms with Crippen LogP contribution < -0.4 is 0 Å². The first kappa shape index (κ1) is 16.2. The van der Waals surface area contributed by atoms with Gasteiger partial charge >= 0.3 is 12.1 Å². The van der Waals surface area contributed by atoms with Crippen LogP contribution in [0.4, 0.5) is 13.2 Å². The highest BCUT2D eigenvalue weighted by Gasteiger charge is 2.39. The maximum absolute atomic E-state index is 12.2. The molecule has 112 valence electrons. The lowest BCUT2D eigenvalue weighted by molar-refractivity contribution is -0.209. The molecule has 0 amide bonds. The summed E-state index contributed by atoms with van der Waals surface area (Å²) in [5.41, 5.74) is 0. The van der Waals surface area contributed by atoms with Crippen molar-refractivity contribution in [1.29, 1.82) is 0 Å². The molecular weight excluding hydrogens is 267 g/mol. The smallest absolute Gasteiger partial charge is 0.415 e. The van der Waals surface area contributed by atoms with Crippen molar-refractivity contribution < 1.29 is 32.9 Å². The third kappa shape index (κ3) is 6.22. The fourth-order valence-electron chi connectivity index (χ4n) is 1.92. The number of aliphatic carboxylic acids is 1. The van der Waals surface area contributed by atoms with Crippen LogP contribution in [-0.2, 0) is 9.53 Å². The molecule has 1 saturated heterocycles. The SMILES string of the molecule is O=C(O)CCOC1CCN(CC(O)C(F)(F)F)CC1. The Morgan fingerprint density at radius 1 is 1.37 bits per heavy atom. The van der Waals surface area contributed by atoms with Gasteiger partial charge < -0.3 is 19.8 Å². The Bertz CT molecular complexity index is 290. The number of carboxylic acids is 1. The Balaban J connectivity index is 2.20. The van der Waals surface area contributed by atoms with E-state index in [-0.39, 0.29) is 19.1 Å². The molecular formula is C11H18F3NO4. The van der Waals surface area contributed by atoms with Gasteiger partial charge in [0.15, 0.2) is 6.10 Å². The molecule has 19 heavy (non-hydrogen) atoms. The summed E-state index contributed by atoms with van der Waals surface area (Å²) in [6.07, 6.45) is -6.01. The number of ether oxygens (including phenoxy) is 1. The molecule has 0 spiro atoms. The third-order valence-corrected chi connectivity index (χ3v) is 3.01. The molecule has 1 aliphatic heterocycles. The number of aliphatic hydroxyl groups excluding tert-OH is 1. The maximum Gasteiger partial charge on any atom is 0.415 e. The molecule has 0 saturated carbocycles. The minimum Gasteiger partial charge on any atom is -0.481 e. The van der Waals surface area contributed by atoms with Crippen molar-refractivity contribution >= 4 is 5.97 Å². The second-order valence-electron chi connectivity index (χ2n) is 4.57. The van der Waals surface area contributed by atoms with Gasteiger partial charge in [-0.15, -0.1) is 0 Å². The number of nitrogens with zero attached hydrogens (tertiary/aromatic N) is 1. The zero-order chi connectivity index (χ0) is 14.5. The van der Waals surface area contributed by atoms with Crippen LogP contribution in [0.15, 0.2) is 0 Å². The molecule has 0 radical (unpaired) electrons. The predicted molar refractivity (Wildman–Crippen MR) is 59.7 cm³/mol. The highest BCUT2D eigenvalue weighted by molar-refractivity contribution is 5.66. The standard InChI is InChI=1S/C11H18F3NO4/c12-11(13,14)9(16)7-15-4-1-8(2-5-15)19-6-3-10(17)18/h8-9,16H,1-7H2,(H,17,18). The minimum absolute atomic E-state index is 0.0764. The first-order chi connectivity index (χ1) is 8.79. The molecule has 0 aromatic heterocycles. The van der Waals surface area contributed by atoms with Crippen LogP contribution in [-0.4, -0.2) is 65.7 Å². The number of halogens is 3. The average molecular weight is 285 g/mol. The predicted octanol–water partition coefficient (Wildman–Crippen LogP) is 0.865. The highest BCUT2D eigenvalue weighted by atomic mass is 19.4. The number of likely N-dealkylation sites (tertiary alicyclic amines) is 1. The Morgan fingerprint density at radius 2 is 1.95 bits per heavy atom. The van der Waals surface area contributed by atoms with Gasteiger partial charge in [-0.05, 0) is 12.8 Å². The minimum atomic E-state index is -4.59. The maximum atomic E-state index is 12.2. The van der Waals surface area contributed by atoms with E-state index in [4.69, 9.17) is 14.9 Å². The summed E-state index contributed by atoms with van der Waals surface area (Å²) >= 11 is 0. The zero-order valence-electron chi connectivity index (χ0n) is 10.4. The van der Waals surface area contributed by atoms with Crippen LogP contribution in [0.1, 0.15) is 19.3 Å². The van der Waals surface area contributed by atoms with Crippen molar-refractivity contribution in [3.8, 4) is 0 Å². The van der Waals surface area contributed by atoms with E-state index in [9.17, 15) is 18.0 Å². The summed E-state index contributed by atoms with van der Waals surface area (Å²) in [6.45, 7) is 0.506. The van der Waals surface area contributed by atoms with Crippen LogP contribution in [0.5, 0.6) is 0 Å². The van der Waals surface area contributed by atoms with Crippen molar-refractivity contribution in [2.45, 2.75) is 37.6 Å². The fraction of sp³-hybridized carbons (Fsp3) is 0.909. The van der Waals surface area contributed by atoms with E-state index in [1.54, 1.807) is 0 Å². The normalized spacial score (nSPS) is 20.4. The summed E-state index contributed by atoms with van der Waals surface area (Å²) < 4.78 is 41.8. The number of carbonyl (C=O) groups is 1. The molecule has 1 aliphatic rings. The molecule has 0 aliphatic carbocycles. The second kappa shape index (κ2) is 7.06. The number of aliphatic hydroxyl groups is 1. The molecule has 5 nitrogen and oxygen atoms in total. The van der Waals surface area contributed by atoms with Crippen molar-refractivity contribution in [1.82, 2.24) is 4.90 Å². The number of piperidine rings is 1. The molecule has 1 fully saturated rings. The summed E-state index contributed by atoms with van der Waals surface area (Å²) in [6, 6.07) is 0. The molecule has 0 bridgehead atoms. The number of hydrogen-bond acceptors (Lipinski definition) is 4. The van der Waals surface area contributed by atoms with Gasteiger partial charge in [-0.3, -0.25) is 4.79 Å². The molecule has 2 N–H and O–H groups in total. The van der Waals surface area contributed by atoms with E-state index < -0.39 is 24.8 Å². The highest BCUT2D eigenvalue weighted by Crippen LogP contribution is 2.22. The lowest BCUT2D eigenvalue weighted by atomic mass is 10.1. The van der Waals surface area contributed by atoms with E-state index in [2.05, 4.69) is 0 Å². The third-order valence-electron chi connectivity index (χ3n) is 3.01. The summed E-state index contributed by atoms with van der Waals surface area (Å²) in [5, 5.41) is 17.4. The first-order valence-electron chi connectivity index (χ1n) is 6.09. The Kier molecular flexibility index (Phi) is 6.02. The van der Waals surface area contributed by atoms with Gasteiger partial charge in [0.2, 0.25) is 0 Å². The van der Waals surface area contributed by atoms with Crippen LogP contribution in [0.3, 0.4) is 0 Å². The Morgan fingerprint density at radius 3 is 2.42 bits per heavy atom. The van der Waals surface area contributed by atoms with E-state index in [1.807, 2.05) is 0 Å². The molecule has 0 aromatic rings.